The Kier molecular flexibility index (Phi) is 7.02. The van der Waals surface area contributed by atoms with Gasteiger partial charge in [-0.3, -0.25) is 14.5 Å². The smallest absolute Gasteiger partial charge is 0.301 e. The highest BCUT2D eigenvalue weighted by molar-refractivity contribution is 7.22. The fourth-order valence-electron chi connectivity index (χ4n) is 4.44. The largest absolute Gasteiger partial charge is 0.507 e. The normalized spacial score (nSPS) is 16.7. The van der Waals surface area contributed by atoms with Gasteiger partial charge in [0.15, 0.2) is 5.13 Å². The Bertz CT molecular complexity index is 1540. The summed E-state index contributed by atoms with van der Waals surface area (Å²) in [7, 11) is 1.58. The van der Waals surface area contributed by atoms with Crippen molar-refractivity contribution in [1.82, 2.24) is 4.98 Å². The molecule has 4 aromatic rings. The number of ketones is 1. The van der Waals surface area contributed by atoms with Crippen molar-refractivity contribution in [2.24, 2.45) is 0 Å². The number of thiazole rings is 1. The van der Waals surface area contributed by atoms with E-state index in [2.05, 4.69) is 4.98 Å². The van der Waals surface area contributed by atoms with Gasteiger partial charge in [0.2, 0.25) is 0 Å². The van der Waals surface area contributed by atoms with Crippen LogP contribution in [0.1, 0.15) is 31.0 Å². The van der Waals surface area contributed by atoms with Crippen molar-refractivity contribution in [2.45, 2.75) is 19.9 Å². The zero-order valence-corrected chi connectivity index (χ0v) is 22.0. The third-order valence-electron chi connectivity index (χ3n) is 6.16. The summed E-state index contributed by atoms with van der Waals surface area (Å²) < 4.78 is 17.3. The number of rotatable bonds is 8. The molecule has 1 aliphatic heterocycles. The lowest BCUT2D eigenvalue weighted by molar-refractivity contribution is -0.132. The summed E-state index contributed by atoms with van der Waals surface area (Å²) in [6.45, 7) is 4.70. The highest BCUT2D eigenvalue weighted by Gasteiger charge is 2.48. The maximum Gasteiger partial charge on any atom is 0.301 e. The fourth-order valence-corrected chi connectivity index (χ4v) is 5.46. The average molecular weight is 531 g/mol. The van der Waals surface area contributed by atoms with Crippen LogP contribution in [0.3, 0.4) is 0 Å². The van der Waals surface area contributed by atoms with E-state index in [0.717, 1.165) is 4.70 Å². The quantitative estimate of drug-likeness (QED) is 0.177. The minimum Gasteiger partial charge on any atom is -0.507 e. The van der Waals surface area contributed by atoms with Crippen LogP contribution in [0.2, 0.25) is 0 Å². The number of anilines is 1. The lowest BCUT2D eigenvalue weighted by atomic mass is 9.95. The van der Waals surface area contributed by atoms with E-state index < -0.39 is 17.7 Å². The number of carbonyl (C=O) groups excluding carboxylic acids is 2. The van der Waals surface area contributed by atoms with Crippen molar-refractivity contribution >= 4 is 44.1 Å². The predicted octanol–water partition coefficient (Wildman–Crippen LogP) is 5.73. The van der Waals surface area contributed by atoms with E-state index in [1.807, 2.05) is 19.9 Å². The number of Topliss-reactive ketones (excluding diaryl/α,β-unsaturated/α-hetero) is 1. The SMILES string of the molecule is CCOc1ccc(C2C(=C(O)c3cccc(OCC)c3)C(=O)C(=O)N2c2nc3ccc(OC)cc3s2)cc1. The van der Waals surface area contributed by atoms with Crippen LogP contribution >= 0.6 is 11.3 Å². The molecule has 5 rings (SSSR count). The maximum atomic E-state index is 13.5. The second-order valence-electron chi connectivity index (χ2n) is 8.46. The molecule has 1 N–H and O–H groups in total. The first-order valence-electron chi connectivity index (χ1n) is 12.2. The number of hydrogen-bond donors (Lipinski definition) is 1. The van der Waals surface area contributed by atoms with Gasteiger partial charge in [-0.1, -0.05) is 35.6 Å². The number of ether oxygens (including phenoxy) is 3. The zero-order chi connectivity index (χ0) is 26.8. The third-order valence-corrected chi connectivity index (χ3v) is 7.18. The van der Waals surface area contributed by atoms with Gasteiger partial charge in [-0.2, -0.15) is 0 Å². The van der Waals surface area contributed by atoms with Crippen molar-refractivity contribution in [3.63, 3.8) is 0 Å². The number of fused-ring (bicyclic) bond motifs is 1. The lowest BCUT2D eigenvalue weighted by Crippen LogP contribution is -2.29. The number of carbonyl (C=O) groups is 2. The van der Waals surface area contributed by atoms with Crippen molar-refractivity contribution in [1.29, 1.82) is 0 Å². The molecule has 2 heterocycles. The summed E-state index contributed by atoms with van der Waals surface area (Å²) >= 11 is 1.27. The number of methoxy groups -OCH3 is 1. The number of amides is 1. The van der Waals surface area contributed by atoms with Gasteiger partial charge in [-0.25, -0.2) is 4.98 Å². The van der Waals surface area contributed by atoms with Crippen LogP contribution in [0, 0.1) is 0 Å². The first-order chi connectivity index (χ1) is 18.4. The van der Waals surface area contributed by atoms with E-state index >= 15 is 0 Å². The Morgan fingerprint density at radius 1 is 0.947 bits per heavy atom. The Morgan fingerprint density at radius 2 is 1.66 bits per heavy atom. The Morgan fingerprint density at radius 3 is 2.37 bits per heavy atom. The monoisotopic (exact) mass is 530 g/mol. The summed E-state index contributed by atoms with van der Waals surface area (Å²) in [5, 5.41) is 11.8. The third kappa shape index (κ3) is 4.56. The second-order valence-corrected chi connectivity index (χ2v) is 9.47. The lowest BCUT2D eigenvalue weighted by Gasteiger charge is -2.23. The van der Waals surface area contributed by atoms with Crippen LogP contribution in [0.5, 0.6) is 17.2 Å². The van der Waals surface area contributed by atoms with Gasteiger partial charge in [0, 0.05) is 5.56 Å². The molecule has 0 aliphatic carbocycles. The van der Waals surface area contributed by atoms with Crippen LogP contribution in [-0.4, -0.2) is 42.1 Å². The number of aromatic nitrogens is 1. The van der Waals surface area contributed by atoms with Crippen LogP contribution in [0.4, 0.5) is 5.13 Å². The van der Waals surface area contributed by atoms with Gasteiger partial charge in [0.25, 0.3) is 5.78 Å². The summed E-state index contributed by atoms with van der Waals surface area (Å²) in [6, 6.07) is 18.4. The molecule has 0 bridgehead atoms. The van der Waals surface area contributed by atoms with Gasteiger partial charge in [0.05, 0.1) is 42.2 Å². The molecular formula is C29H26N2O6S. The Hall–Kier alpha value is -4.37. The van der Waals surface area contributed by atoms with Crippen LogP contribution in [-0.2, 0) is 9.59 Å². The van der Waals surface area contributed by atoms with Crippen molar-refractivity contribution < 1.29 is 28.9 Å². The first-order valence-corrected chi connectivity index (χ1v) is 13.0. The zero-order valence-electron chi connectivity index (χ0n) is 21.1. The molecule has 1 aliphatic rings. The van der Waals surface area contributed by atoms with Gasteiger partial charge in [-0.05, 0) is 61.9 Å². The molecule has 1 fully saturated rings. The van der Waals surface area contributed by atoms with E-state index in [4.69, 9.17) is 14.2 Å². The van der Waals surface area contributed by atoms with E-state index in [1.54, 1.807) is 67.8 Å². The number of nitrogens with zero attached hydrogens (tertiary/aromatic N) is 2. The predicted molar refractivity (Wildman–Crippen MR) is 146 cm³/mol. The average Bonchev–Trinajstić information content (AvgIpc) is 3.46. The molecule has 0 spiro atoms. The molecule has 1 saturated heterocycles. The summed E-state index contributed by atoms with van der Waals surface area (Å²) in [5.74, 6) is 0.0201. The molecular weight excluding hydrogens is 504 g/mol. The molecule has 9 heteroatoms. The summed E-state index contributed by atoms with van der Waals surface area (Å²) in [6.07, 6.45) is 0. The van der Waals surface area contributed by atoms with Gasteiger partial charge >= 0.3 is 5.91 Å². The topological polar surface area (TPSA) is 98.2 Å². The second kappa shape index (κ2) is 10.5. The minimum absolute atomic E-state index is 0.0235. The fraction of sp³-hybridized carbons (Fsp3) is 0.207. The van der Waals surface area contributed by atoms with Gasteiger partial charge in [-0.15, -0.1) is 0 Å². The number of benzene rings is 3. The Labute approximate surface area is 223 Å². The molecule has 194 valence electrons. The minimum atomic E-state index is -0.899. The van der Waals surface area contributed by atoms with E-state index in [0.29, 0.717) is 52.2 Å². The molecule has 38 heavy (non-hydrogen) atoms. The van der Waals surface area contributed by atoms with Gasteiger partial charge in [0.1, 0.15) is 23.0 Å². The van der Waals surface area contributed by atoms with Crippen molar-refractivity contribution in [2.75, 3.05) is 25.2 Å². The molecule has 1 atom stereocenters. The van der Waals surface area contributed by atoms with E-state index in [9.17, 15) is 14.7 Å². The Balaban J connectivity index is 1.68. The molecule has 0 saturated carbocycles. The standard InChI is InChI=1S/C29H26N2O6S/c1-4-36-19-11-9-17(10-12-19)25-24(26(32)18-7-6-8-21(15-18)37-5-2)27(33)28(34)31(25)29-30-22-14-13-20(35-3)16-23(22)38-29/h6-16,25,32H,4-5H2,1-3H3. The molecule has 1 aromatic heterocycles. The first kappa shape index (κ1) is 25.3. The molecule has 8 nitrogen and oxygen atoms in total. The van der Waals surface area contributed by atoms with E-state index in [1.165, 1.54) is 16.2 Å². The number of aliphatic hydroxyl groups excluding tert-OH is 1. The highest BCUT2D eigenvalue weighted by atomic mass is 32.1. The summed E-state index contributed by atoms with van der Waals surface area (Å²) in [4.78, 5) is 33.0. The van der Waals surface area contributed by atoms with Crippen molar-refractivity contribution in [3.8, 4) is 17.2 Å². The molecule has 0 radical (unpaired) electrons. The summed E-state index contributed by atoms with van der Waals surface area (Å²) in [5.41, 5.74) is 1.65. The van der Waals surface area contributed by atoms with Crippen LogP contribution in [0.25, 0.3) is 16.0 Å². The molecule has 3 aromatic carbocycles. The molecule has 1 amide bonds. The van der Waals surface area contributed by atoms with Crippen molar-refractivity contribution in [3.05, 3.63) is 83.4 Å². The number of aliphatic hydroxyl groups is 1. The number of hydrogen-bond acceptors (Lipinski definition) is 8. The van der Waals surface area contributed by atoms with Gasteiger partial charge < -0.3 is 19.3 Å². The van der Waals surface area contributed by atoms with E-state index in [-0.39, 0.29) is 11.3 Å². The molecule has 1 unspecified atom stereocenters. The van der Waals surface area contributed by atoms with Crippen LogP contribution < -0.4 is 19.1 Å². The van der Waals surface area contributed by atoms with Crippen LogP contribution in [0.15, 0.2) is 72.3 Å². The maximum absolute atomic E-state index is 13.5. The highest BCUT2D eigenvalue weighted by Crippen LogP contribution is 2.45.